The van der Waals surface area contributed by atoms with Gasteiger partial charge in [-0.2, -0.15) is 0 Å². The summed E-state index contributed by atoms with van der Waals surface area (Å²) in [5, 5.41) is 0.752. The summed E-state index contributed by atoms with van der Waals surface area (Å²) in [5.41, 5.74) is 0.262. The normalized spacial score (nSPS) is 11.9. The largest absolute Gasteiger partial charge is 0.310 e. The fourth-order valence-electron chi connectivity index (χ4n) is 1.77. The molecule has 17 heavy (non-hydrogen) atoms. The highest BCUT2D eigenvalue weighted by Gasteiger charge is 2.18. The van der Waals surface area contributed by atoms with Gasteiger partial charge in [0.1, 0.15) is 4.90 Å². The van der Waals surface area contributed by atoms with Gasteiger partial charge in [-0.15, -0.1) is 0 Å². The molecule has 0 aliphatic rings. The number of para-hydroxylation sites is 1. The molecule has 0 unspecified atom stereocenters. The number of aromatic nitrogens is 1. The van der Waals surface area contributed by atoms with Crippen molar-refractivity contribution in [2.75, 3.05) is 5.75 Å². The number of pyridine rings is 1. The van der Waals surface area contributed by atoms with Crippen LogP contribution in [0.2, 0.25) is 0 Å². The van der Waals surface area contributed by atoms with Gasteiger partial charge in [0.25, 0.3) is 5.56 Å². The number of hydrogen-bond donors (Lipinski definition) is 0. The van der Waals surface area contributed by atoms with E-state index in [-0.39, 0.29) is 10.6 Å². The third-order valence-corrected chi connectivity index (χ3v) is 4.54. The molecule has 5 heteroatoms. The van der Waals surface area contributed by atoms with Crippen molar-refractivity contribution in [1.82, 2.24) is 4.57 Å². The monoisotopic (exact) mass is 251 g/mol. The lowest BCUT2D eigenvalue weighted by Gasteiger charge is -2.08. The van der Waals surface area contributed by atoms with Crippen LogP contribution in [0.25, 0.3) is 10.9 Å². The Bertz CT molecular complexity index is 729. The minimum Gasteiger partial charge on any atom is -0.310 e. The van der Waals surface area contributed by atoms with Gasteiger partial charge in [-0.1, -0.05) is 25.1 Å². The van der Waals surface area contributed by atoms with Crippen molar-refractivity contribution in [2.24, 2.45) is 7.05 Å². The number of nitrogens with zero attached hydrogens (tertiary/aromatic N) is 1. The number of fused-ring (bicyclic) bond motifs is 1. The first-order chi connectivity index (χ1) is 7.97. The van der Waals surface area contributed by atoms with Crippen molar-refractivity contribution in [3.63, 3.8) is 0 Å². The second-order valence-corrected chi connectivity index (χ2v) is 6.08. The molecule has 0 saturated carbocycles. The molecule has 0 aliphatic heterocycles. The maximum absolute atomic E-state index is 12.0. The Morgan fingerprint density at radius 3 is 2.53 bits per heavy atom. The van der Waals surface area contributed by atoms with Crippen molar-refractivity contribution < 1.29 is 8.42 Å². The van der Waals surface area contributed by atoms with E-state index in [4.69, 9.17) is 0 Å². The Hall–Kier alpha value is -1.62. The molecule has 0 radical (unpaired) electrons. The lowest BCUT2D eigenvalue weighted by Crippen LogP contribution is -2.24. The first kappa shape index (κ1) is 11.9. The van der Waals surface area contributed by atoms with Crippen molar-refractivity contribution in [3.8, 4) is 0 Å². The number of sulfone groups is 1. The van der Waals surface area contributed by atoms with Gasteiger partial charge in [-0.3, -0.25) is 4.79 Å². The van der Waals surface area contributed by atoms with Crippen molar-refractivity contribution in [3.05, 3.63) is 40.7 Å². The van der Waals surface area contributed by atoms with Gasteiger partial charge in [-0.05, 0) is 17.5 Å². The van der Waals surface area contributed by atoms with Crippen LogP contribution in [0.5, 0.6) is 0 Å². The van der Waals surface area contributed by atoms with E-state index < -0.39 is 15.4 Å². The molecular formula is C12H13NO3S. The van der Waals surface area contributed by atoms with E-state index in [0.717, 1.165) is 10.9 Å². The Morgan fingerprint density at radius 2 is 1.88 bits per heavy atom. The fraction of sp³-hybridized carbons (Fsp3) is 0.250. The molecule has 0 amide bonds. The van der Waals surface area contributed by atoms with E-state index in [1.54, 1.807) is 19.2 Å². The standard InChI is InChI=1S/C12H13NO3S/c1-3-17(15,16)11-8-9-6-4-5-7-10(9)13(2)12(11)14/h4-8H,3H2,1-2H3. The second-order valence-electron chi connectivity index (χ2n) is 3.83. The average Bonchev–Trinajstić information content (AvgIpc) is 2.33. The molecule has 1 heterocycles. The van der Waals surface area contributed by atoms with Gasteiger partial charge >= 0.3 is 0 Å². The Balaban J connectivity index is 2.94. The van der Waals surface area contributed by atoms with Crippen LogP contribution in [0.15, 0.2) is 40.0 Å². The van der Waals surface area contributed by atoms with E-state index in [1.165, 1.54) is 17.6 Å². The van der Waals surface area contributed by atoms with E-state index in [9.17, 15) is 13.2 Å². The van der Waals surface area contributed by atoms with E-state index >= 15 is 0 Å². The van der Waals surface area contributed by atoms with Crippen LogP contribution >= 0.6 is 0 Å². The summed E-state index contributed by atoms with van der Waals surface area (Å²) >= 11 is 0. The second kappa shape index (κ2) is 4.00. The maximum Gasteiger partial charge on any atom is 0.269 e. The number of aryl methyl sites for hydroxylation is 1. The molecule has 0 fully saturated rings. The molecular weight excluding hydrogens is 238 g/mol. The minimum atomic E-state index is -3.48. The zero-order chi connectivity index (χ0) is 12.6. The highest BCUT2D eigenvalue weighted by atomic mass is 32.2. The summed E-state index contributed by atoms with van der Waals surface area (Å²) in [6.45, 7) is 1.53. The van der Waals surface area contributed by atoms with E-state index in [2.05, 4.69) is 0 Å². The van der Waals surface area contributed by atoms with Crippen LogP contribution in [0.4, 0.5) is 0 Å². The number of rotatable bonds is 2. The van der Waals surface area contributed by atoms with Crippen LogP contribution in [0.3, 0.4) is 0 Å². The molecule has 1 aromatic heterocycles. The Kier molecular flexibility index (Phi) is 2.79. The molecule has 0 N–H and O–H groups in total. The zero-order valence-corrected chi connectivity index (χ0v) is 10.5. The third-order valence-electron chi connectivity index (χ3n) is 2.82. The van der Waals surface area contributed by atoms with E-state index in [1.807, 2.05) is 12.1 Å². The number of hydrogen-bond acceptors (Lipinski definition) is 3. The Labute approximate surface area is 99.4 Å². The molecule has 1 aromatic carbocycles. The summed E-state index contributed by atoms with van der Waals surface area (Å²) < 4.78 is 25.0. The van der Waals surface area contributed by atoms with Crippen molar-refractivity contribution >= 4 is 20.7 Å². The van der Waals surface area contributed by atoms with Crippen LogP contribution < -0.4 is 5.56 Å². The highest BCUT2D eigenvalue weighted by molar-refractivity contribution is 7.91. The lowest BCUT2D eigenvalue weighted by atomic mass is 10.2. The molecule has 0 atom stereocenters. The quantitative estimate of drug-likeness (QED) is 0.809. The summed E-state index contributed by atoms with van der Waals surface area (Å²) in [4.78, 5) is 11.8. The highest BCUT2D eigenvalue weighted by Crippen LogP contribution is 2.15. The first-order valence-electron chi connectivity index (χ1n) is 5.29. The average molecular weight is 251 g/mol. The first-order valence-corrected chi connectivity index (χ1v) is 6.94. The van der Waals surface area contributed by atoms with Gasteiger partial charge in [-0.25, -0.2) is 8.42 Å². The summed E-state index contributed by atoms with van der Waals surface area (Å²) in [7, 11) is -1.89. The number of benzene rings is 1. The molecule has 0 saturated heterocycles. The molecule has 2 aromatic rings. The third kappa shape index (κ3) is 1.86. The van der Waals surface area contributed by atoms with Crippen LogP contribution in [-0.4, -0.2) is 18.7 Å². The van der Waals surface area contributed by atoms with Gasteiger partial charge < -0.3 is 4.57 Å². The molecule has 0 spiro atoms. The van der Waals surface area contributed by atoms with Gasteiger partial charge in [0.2, 0.25) is 0 Å². The van der Waals surface area contributed by atoms with Gasteiger partial charge in [0.05, 0.1) is 11.3 Å². The van der Waals surface area contributed by atoms with Gasteiger partial charge in [0, 0.05) is 7.05 Å². The summed E-state index contributed by atoms with van der Waals surface area (Å²) in [6.07, 6.45) is 0. The van der Waals surface area contributed by atoms with Gasteiger partial charge in [0.15, 0.2) is 9.84 Å². The van der Waals surface area contributed by atoms with Crippen LogP contribution in [-0.2, 0) is 16.9 Å². The topological polar surface area (TPSA) is 56.1 Å². The van der Waals surface area contributed by atoms with E-state index in [0.29, 0.717) is 0 Å². The molecule has 2 rings (SSSR count). The molecule has 4 nitrogen and oxygen atoms in total. The summed E-state index contributed by atoms with van der Waals surface area (Å²) in [6, 6.07) is 8.67. The smallest absolute Gasteiger partial charge is 0.269 e. The SMILES string of the molecule is CCS(=O)(=O)c1cc2ccccc2n(C)c1=O. The molecule has 0 bridgehead atoms. The molecule has 90 valence electrons. The predicted octanol–water partition coefficient (Wildman–Crippen LogP) is 1.33. The minimum absolute atomic E-state index is 0.0689. The van der Waals surface area contributed by atoms with Crippen LogP contribution in [0, 0.1) is 0 Å². The molecule has 0 aliphatic carbocycles. The maximum atomic E-state index is 12.0. The summed E-state index contributed by atoms with van der Waals surface area (Å²) in [5.74, 6) is -0.0689. The Morgan fingerprint density at radius 1 is 1.24 bits per heavy atom. The zero-order valence-electron chi connectivity index (χ0n) is 9.67. The predicted molar refractivity (Wildman–Crippen MR) is 66.9 cm³/mol. The van der Waals surface area contributed by atoms with Crippen LogP contribution in [0.1, 0.15) is 6.92 Å². The fourth-order valence-corrected chi connectivity index (χ4v) is 2.79. The van der Waals surface area contributed by atoms with Crippen molar-refractivity contribution in [2.45, 2.75) is 11.8 Å². The van der Waals surface area contributed by atoms with Crippen molar-refractivity contribution in [1.29, 1.82) is 0 Å². The lowest BCUT2D eigenvalue weighted by molar-refractivity contribution is 0.595.